The van der Waals surface area contributed by atoms with E-state index < -0.39 is 23.8 Å². The van der Waals surface area contributed by atoms with Crippen molar-refractivity contribution in [3.63, 3.8) is 0 Å². The normalized spacial score (nSPS) is 35.2. The van der Waals surface area contributed by atoms with Gasteiger partial charge in [0.15, 0.2) is 0 Å². The fraction of sp³-hybridized carbons (Fsp3) is 0.900. The van der Waals surface area contributed by atoms with E-state index in [-0.39, 0.29) is 17.8 Å². The molecule has 5 saturated carbocycles. The number of aliphatic carboxylic acids is 2. The number of hydrogen-bond donors (Lipinski definition) is 2. The molecule has 0 amide bonds. The van der Waals surface area contributed by atoms with Crippen LogP contribution in [0.1, 0.15) is 104 Å². The highest BCUT2D eigenvalue weighted by Crippen LogP contribution is 2.58. The molecule has 0 aliphatic heterocycles. The summed E-state index contributed by atoms with van der Waals surface area (Å²) in [4.78, 5) is 42.9. The summed E-state index contributed by atoms with van der Waals surface area (Å²) in [7, 11) is 0. The molecule has 0 heterocycles. The van der Waals surface area contributed by atoms with Crippen LogP contribution in [0.5, 0.6) is 0 Å². The second kappa shape index (κ2) is 15.8. The van der Waals surface area contributed by atoms with Crippen molar-refractivity contribution >= 4 is 17.9 Å². The van der Waals surface area contributed by atoms with E-state index in [2.05, 4.69) is 0 Å². The van der Waals surface area contributed by atoms with Crippen LogP contribution >= 0.6 is 0 Å². The number of esters is 1. The van der Waals surface area contributed by atoms with Crippen molar-refractivity contribution in [3.8, 4) is 0 Å². The Bertz CT molecular complexity index is 739. The van der Waals surface area contributed by atoms with E-state index in [0.29, 0.717) is 32.7 Å². The van der Waals surface area contributed by atoms with Gasteiger partial charge in [0, 0.05) is 0 Å². The first kappa shape index (κ1) is 30.9. The van der Waals surface area contributed by atoms with Crippen molar-refractivity contribution in [1.82, 2.24) is 0 Å². The van der Waals surface area contributed by atoms with Gasteiger partial charge in [-0.1, -0.05) is 32.1 Å². The second-order valence-corrected chi connectivity index (χ2v) is 11.9. The van der Waals surface area contributed by atoms with Crippen LogP contribution in [0.15, 0.2) is 0 Å². The van der Waals surface area contributed by atoms with Gasteiger partial charge in [-0.3, -0.25) is 14.4 Å². The van der Waals surface area contributed by atoms with Gasteiger partial charge in [-0.2, -0.15) is 0 Å². The lowest BCUT2D eigenvalue weighted by Gasteiger charge is -2.27. The largest absolute Gasteiger partial charge is 0.481 e. The number of ether oxygens (including phenoxy) is 1. The van der Waals surface area contributed by atoms with Crippen LogP contribution < -0.4 is 0 Å². The van der Waals surface area contributed by atoms with Gasteiger partial charge in [-0.15, -0.1) is 0 Å². The lowest BCUT2D eigenvalue weighted by molar-refractivity contribution is -0.301. The molecule has 2 N–H and O–H groups in total. The number of hydrogen-bond acceptors (Lipinski definition) is 6. The summed E-state index contributed by atoms with van der Waals surface area (Å²) in [5.74, 6) is 1.78. The number of carboxylic acids is 2. The zero-order valence-electron chi connectivity index (χ0n) is 23.5. The van der Waals surface area contributed by atoms with Gasteiger partial charge < -0.3 is 14.9 Å². The quantitative estimate of drug-likeness (QED) is 0.164. The highest BCUT2D eigenvalue weighted by atomic mass is 17.2. The Morgan fingerprint density at radius 3 is 1.74 bits per heavy atom. The molecule has 8 heteroatoms. The van der Waals surface area contributed by atoms with E-state index in [1.807, 2.05) is 6.92 Å². The van der Waals surface area contributed by atoms with Crippen molar-refractivity contribution < 1.29 is 39.1 Å². The Hall–Kier alpha value is -1.67. The van der Waals surface area contributed by atoms with Crippen molar-refractivity contribution in [1.29, 1.82) is 0 Å². The molecule has 8 atom stereocenters. The lowest BCUT2D eigenvalue weighted by Crippen LogP contribution is -2.33. The standard InChI is InChI=1S/C10H18O4.C10H16O4.C10H16/c1-2-13-14-7-8-5-3-4-6-9(8)10(11)12;1-2-14-10(13)8-6-4-3-5-7(8)9(11)12;1-2-9-7-4-5-8(6-7)10(9)3-1/h8-9H,2-7H2,1H3,(H,11,12);7-8H,2-6H2,1H3,(H,11,12);7-10H,1-6H2. The molecule has 0 aromatic carbocycles. The summed E-state index contributed by atoms with van der Waals surface area (Å²) in [6.07, 6.45) is 16.4. The van der Waals surface area contributed by atoms with Crippen molar-refractivity contribution in [2.75, 3.05) is 19.8 Å². The van der Waals surface area contributed by atoms with E-state index in [4.69, 9.17) is 24.7 Å². The molecular formula is C30H50O8. The number of fused-ring (bicyclic) bond motifs is 5. The molecule has 0 radical (unpaired) electrons. The Balaban J connectivity index is 0.000000160. The van der Waals surface area contributed by atoms with Crippen LogP contribution in [0, 0.1) is 47.3 Å². The fourth-order valence-corrected chi connectivity index (χ4v) is 7.93. The molecule has 2 bridgehead atoms. The minimum atomic E-state index is -0.872. The Morgan fingerprint density at radius 2 is 1.18 bits per heavy atom. The fourth-order valence-electron chi connectivity index (χ4n) is 7.93. The molecule has 5 rings (SSSR count). The molecule has 5 fully saturated rings. The SMILES string of the molecule is C1CC2C3CCC(C3)C2C1.CCOC(=O)C1CCCCC1C(=O)O.CCOOCC1CCCCC1C(=O)O. The maximum Gasteiger partial charge on any atom is 0.309 e. The molecule has 218 valence electrons. The third-order valence-corrected chi connectivity index (χ3v) is 9.73. The van der Waals surface area contributed by atoms with E-state index in [1.54, 1.807) is 45.4 Å². The summed E-state index contributed by atoms with van der Waals surface area (Å²) in [6, 6.07) is 0. The summed E-state index contributed by atoms with van der Waals surface area (Å²) in [5, 5.41) is 17.9. The topological polar surface area (TPSA) is 119 Å². The third kappa shape index (κ3) is 8.41. The van der Waals surface area contributed by atoms with E-state index in [9.17, 15) is 14.4 Å². The van der Waals surface area contributed by atoms with Gasteiger partial charge in [0.2, 0.25) is 0 Å². The first-order valence-electron chi connectivity index (χ1n) is 15.2. The average Bonchev–Trinajstić information content (AvgIpc) is 3.66. The molecule has 8 unspecified atom stereocenters. The highest BCUT2D eigenvalue weighted by Gasteiger charge is 2.48. The molecule has 0 spiro atoms. The van der Waals surface area contributed by atoms with Crippen LogP contribution in [0.25, 0.3) is 0 Å². The molecule has 38 heavy (non-hydrogen) atoms. The maximum absolute atomic E-state index is 11.4. The van der Waals surface area contributed by atoms with Gasteiger partial charge in [0.25, 0.3) is 0 Å². The summed E-state index contributed by atoms with van der Waals surface area (Å²) < 4.78 is 4.86. The lowest BCUT2D eigenvalue weighted by atomic mass is 9.79. The predicted octanol–water partition coefficient (Wildman–Crippen LogP) is 6.12. The highest BCUT2D eigenvalue weighted by molar-refractivity contribution is 5.81. The minimum absolute atomic E-state index is 0.118. The number of carboxylic acid groups (broad SMARTS) is 2. The van der Waals surface area contributed by atoms with Crippen molar-refractivity contribution in [3.05, 3.63) is 0 Å². The Morgan fingerprint density at radius 1 is 0.632 bits per heavy atom. The number of carbonyl (C=O) groups is 3. The minimum Gasteiger partial charge on any atom is -0.481 e. The van der Waals surface area contributed by atoms with E-state index in [0.717, 1.165) is 38.5 Å². The van der Waals surface area contributed by atoms with Gasteiger partial charge >= 0.3 is 17.9 Å². The predicted molar refractivity (Wildman–Crippen MR) is 142 cm³/mol. The molecule has 5 aliphatic rings. The van der Waals surface area contributed by atoms with E-state index in [1.165, 1.54) is 23.7 Å². The van der Waals surface area contributed by atoms with Crippen molar-refractivity contribution in [2.45, 2.75) is 104 Å². The van der Waals surface area contributed by atoms with Crippen LogP contribution in [0.4, 0.5) is 0 Å². The first-order valence-corrected chi connectivity index (χ1v) is 15.2. The molecule has 8 nitrogen and oxygen atoms in total. The van der Waals surface area contributed by atoms with Gasteiger partial charge in [0.05, 0.1) is 37.6 Å². The zero-order chi connectivity index (χ0) is 27.5. The van der Waals surface area contributed by atoms with Crippen LogP contribution in [0.2, 0.25) is 0 Å². The van der Waals surface area contributed by atoms with Crippen LogP contribution in [-0.2, 0) is 28.9 Å². The monoisotopic (exact) mass is 538 g/mol. The smallest absolute Gasteiger partial charge is 0.309 e. The summed E-state index contributed by atoms with van der Waals surface area (Å²) in [5.41, 5.74) is 0. The Kier molecular flexibility index (Phi) is 12.8. The van der Waals surface area contributed by atoms with E-state index >= 15 is 0 Å². The molecular weight excluding hydrogens is 488 g/mol. The Labute approximate surface area is 228 Å². The first-order chi connectivity index (χ1) is 18.4. The third-order valence-electron chi connectivity index (χ3n) is 9.73. The van der Waals surface area contributed by atoms with Crippen LogP contribution in [0.3, 0.4) is 0 Å². The molecule has 5 aliphatic carbocycles. The van der Waals surface area contributed by atoms with Gasteiger partial charge in [-0.25, -0.2) is 9.78 Å². The van der Waals surface area contributed by atoms with Gasteiger partial charge in [-0.05, 0) is 101 Å². The maximum atomic E-state index is 11.4. The van der Waals surface area contributed by atoms with Crippen molar-refractivity contribution in [2.24, 2.45) is 47.3 Å². The number of rotatable bonds is 8. The molecule has 0 aromatic heterocycles. The second-order valence-electron chi connectivity index (χ2n) is 11.9. The average molecular weight is 539 g/mol. The van der Waals surface area contributed by atoms with Crippen LogP contribution in [-0.4, -0.2) is 47.9 Å². The zero-order valence-corrected chi connectivity index (χ0v) is 23.5. The summed E-state index contributed by atoms with van der Waals surface area (Å²) >= 11 is 0. The molecule has 0 aromatic rings. The summed E-state index contributed by atoms with van der Waals surface area (Å²) in [6.45, 7) is 4.81. The number of carbonyl (C=O) groups excluding carboxylic acids is 1. The molecule has 0 saturated heterocycles. The van der Waals surface area contributed by atoms with Gasteiger partial charge in [0.1, 0.15) is 0 Å².